The summed E-state index contributed by atoms with van der Waals surface area (Å²) in [6, 6.07) is 18.3. The minimum absolute atomic E-state index is 0.0207. The molecule has 0 saturated heterocycles. The van der Waals surface area contributed by atoms with E-state index in [1.807, 2.05) is 24.3 Å². The van der Waals surface area contributed by atoms with Gasteiger partial charge in [-0.25, -0.2) is 0 Å². The number of primary amides is 1. The molecule has 0 radical (unpaired) electrons. The lowest BCUT2D eigenvalue weighted by atomic mass is 10.0. The fourth-order valence-electron chi connectivity index (χ4n) is 5.70. The molecule has 1 heterocycles. The monoisotopic (exact) mass is 745 g/mol. The molecule has 4 atom stereocenters. The predicted octanol–water partition coefficient (Wildman–Crippen LogP) is 0.320. The summed E-state index contributed by atoms with van der Waals surface area (Å²) in [6.45, 7) is -0.709. The molecule has 4 aromatic rings. The van der Waals surface area contributed by atoms with Crippen LogP contribution in [0.1, 0.15) is 29.5 Å². The number of guanidine groups is 1. The fourth-order valence-corrected chi connectivity index (χ4v) is 5.82. The number of para-hydroxylation sites is 1. The number of fused-ring (bicyclic) bond motifs is 1. The summed E-state index contributed by atoms with van der Waals surface area (Å²) >= 11 is 6.01. The number of benzene rings is 3. The quantitative estimate of drug-likeness (QED) is 0.0366. The van der Waals surface area contributed by atoms with Crippen LogP contribution >= 0.6 is 11.6 Å². The molecule has 16 heteroatoms. The lowest BCUT2D eigenvalue weighted by Crippen LogP contribution is -2.59. The Kier molecular flexibility index (Phi) is 14.7. The molecule has 280 valence electrons. The van der Waals surface area contributed by atoms with Gasteiger partial charge >= 0.3 is 0 Å². The van der Waals surface area contributed by atoms with E-state index in [4.69, 9.17) is 28.8 Å². The van der Waals surface area contributed by atoms with Crippen LogP contribution in [-0.2, 0) is 43.2 Å². The number of aromatic nitrogens is 1. The van der Waals surface area contributed by atoms with Crippen LogP contribution in [0.5, 0.6) is 0 Å². The minimum Gasteiger partial charge on any atom is -0.387 e. The van der Waals surface area contributed by atoms with Gasteiger partial charge in [-0.1, -0.05) is 72.3 Å². The Morgan fingerprint density at radius 1 is 0.698 bits per heavy atom. The average Bonchev–Trinajstić information content (AvgIpc) is 3.55. The Hall–Kier alpha value is -5.93. The smallest absolute Gasteiger partial charge is 0.246 e. The number of aliphatic hydroxyl groups excluding tert-OH is 1. The second-order valence-corrected chi connectivity index (χ2v) is 12.8. The van der Waals surface area contributed by atoms with Gasteiger partial charge in [-0.15, -0.1) is 0 Å². The van der Waals surface area contributed by atoms with E-state index in [0.29, 0.717) is 16.1 Å². The number of amides is 5. The Morgan fingerprint density at radius 2 is 1.26 bits per heavy atom. The number of halogens is 1. The molecule has 0 aliphatic heterocycles. The number of aliphatic imine (C=N–C) groups is 1. The van der Waals surface area contributed by atoms with Crippen molar-refractivity contribution in [2.24, 2.45) is 22.2 Å². The molecule has 0 aliphatic carbocycles. The van der Waals surface area contributed by atoms with Gasteiger partial charge in [0.05, 0.1) is 0 Å². The number of H-pyrrole nitrogens is 1. The first kappa shape index (κ1) is 39.8. The molecule has 0 saturated carbocycles. The molecule has 0 spiro atoms. The Bertz CT molecular complexity index is 1900. The van der Waals surface area contributed by atoms with Crippen LogP contribution in [0.25, 0.3) is 10.9 Å². The van der Waals surface area contributed by atoms with Gasteiger partial charge in [0.1, 0.15) is 30.8 Å². The van der Waals surface area contributed by atoms with E-state index in [0.717, 1.165) is 16.5 Å². The first-order chi connectivity index (χ1) is 25.4. The van der Waals surface area contributed by atoms with Crippen LogP contribution in [0.4, 0.5) is 0 Å². The van der Waals surface area contributed by atoms with Crippen molar-refractivity contribution in [3.63, 3.8) is 0 Å². The maximum atomic E-state index is 14.0. The molecule has 0 unspecified atom stereocenters. The Morgan fingerprint density at radius 3 is 1.91 bits per heavy atom. The molecule has 12 N–H and O–H groups in total. The van der Waals surface area contributed by atoms with E-state index in [1.165, 1.54) is 0 Å². The van der Waals surface area contributed by atoms with Crippen LogP contribution in [0.3, 0.4) is 0 Å². The number of aromatic amines is 1. The van der Waals surface area contributed by atoms with E-state index >= 15 is 0 Å². The third-order valence-corrected chi connectivity index (χ3v) is 8.65. The van der Waals surface area contributed by atoms with Gasteiger partial charge < -0.3 is 48.6 Å². The van der Waals surface area contributed by atoms with Crippen molar-refractivity contribution in [1.29, 1.82) is 0 Å². The molecule has 53 heavy (non-hydrogen) atoms. The van der Waals surface area contributed by atoms with E-state index < -0.39 is 60.3 Å². The van der Waals surface area contributed by atoms with Crippen molar-refractivity contribution >= 4 is 58.0 Å². The summed E-state index contributed by atoms with van der Waals surface area (Å²) in [5.41, 5.74) is 19.6. The summed E-state index contributed by atoms with van der Waals surface area (Å²) in [4.78, 5) is 73.5. The zero-order chi connectivity index (χ0) is 38.3. The van der Waals surface area contributed by atoms with Gasteiger partial charge in [-0.05, 0) is 47.7 Å². The van der Waals surface area contributed by atoms with Crippen molar-refractivity contribution < 1.29 is 29.1 Å². The summed E-state index contributed by atoms with van der Waals surface area (Å²) < 4.78 is 0. The number of hydrogen-bond donors (Lipinski definition) is 9. The zero-order valence-electron chi connectivity index (χ0n) is 28.9. The normalized spacial score (nSPS) is 13.2. The highest BCUT2D eigenvalue weighted by Gasteiger charge is 2.31. The molecular weight excluding hydrogens is 702 g/mol. The molecule has 0 fully saturated rings. The summed E-state index contributed by atoms with van der Waals surface area (Å²) in [5.74, 6) is -3.83. The molecular formula is C37H44ClN9O6. The summed E-state index contributed by atoms with van der Waals surface area (Å²) in [6.07, 6.45) is 2.20. The van der Waals surface area contributed by atoms with Crippen LogP contribution in [0, 0.1) is 0 Å². The highest BCUT2D eigenvalue weighted by molar-refractivity contribution is 6.30. The first-order valence-electron chi connectivity index (χ1n) is 16.9. The number of nitrogens with one attached hydrogen (secondary N) is 5. The molecule has 0 aliphatic rings. The SMILES string of the molecule is NC(=O)[C@H](Cc1c[nH]c2ccccc12)NC(=O)[C@H](CCCN=C(N)N)NC(=O)[C@H](Cc1ccccc1)NC(=O)[C@H](Cc1ccc(Cl)cc1)NC(=O)CO. The number of carbonyl (C=O) groups excluding carboxylic acids is 5. The third kappa shape index (κ3) is 12.4. The molecule has 4 rings (SSSR count). The molecule has 3 aromatic carbocycles. The number of hydrogen-bond acceptors (Lipinski definition) is 7. The second kappa shape index (κ2) is 19.6. The van der Waals surface area contributed by atoms with Crippen LogP contribution < -0.4 is 38.5 Å². The summed E-state index contributed by atoms with van der Waals surface area (Å²) in [5, 5.41) is 21.4. The number of aliphatic hydroxyl groups is 1. The first-order valence-corrected chi connectivity index (χ1v) is 17.3. The van der Waals surface area contributed by atoms with Gasteiger partial charge in [-0.3, -0.25) is 29.0 Å². The van der Waals surface area contributed by atoms with Crippen molar-refractivity contribution in [3.8, 4) is 0 Å². The van der Waals surface area contributed by atoms with E-state index in [1.54, 1.807) is 60.8 Å². The lowest BCUT2D eigenvalue weighted by molar-refractivity contribution is -0.134. The number of nitrogens with two attached hydrogens (primary N) is 3. The van der Waals surface area contributed by atoms with Crippen molar-refractivity contribution in [2.75, 3.05) is 13.2 Å². The maximum Gasteiger partial charge on any atom is 0.246 e. The predicted molar refractivity (Wildman–Crippen MR) is 201 cm³/mol. The van der Waals surface area contributed by atoms with Gasteiger partial charge in [0.15, 0.2) is 5.96 Å². The number of nitrogens with zero attached hydrogens (tertiary/aromatic N) is 1. The number of rotatable bonds is 19. The van der Waals surface area contributed by atoms with E-state index in [9.17, 15) is 29.1 Å². The third-order valence-electron chi connectivity index (χ3n) is 8.40. The molecule has 0 bridgehead atoms. The molecule has 5 amide bonds. The van der Waals surface area contributed by atoms with Crippen molar-refractivity contribution in [2.45, 2.75) is 56.3 Å². The highest BCUT2D eigenvalue weighted by atomic mass is 35.5. The van der Waals surface area contributed by atoms with Crippen LogP contribution in [0.15, 0.2) is 90.1 Å². The second-order valence-electron chi connectivity index (χ2n) is 12.4. The van der Waals surface area contributed by atoms with Crippen molar-refractivity contribution in [3.05, 3.63) is 107 Å². The Balaban J connectivity index is 1.57. The average molecular weight is 746 g/mol. The van der Waals surface area contributed by atoms with Gasteiger partial charge in [0, 0.05) is 47.9 Å². The Labute approximate surface area is 311 Å². The molecule has 1 aromatic heterocycles. The van der Waals surface area contributed by atoms with Gasteiger partial charge in [0.2, 0.25) is 29.5 Å². The summed E-state index contributed by atoms with van der Waals surface area (Å²) in [7, 11) is 0. The molecule has 15 nitrogen and oxygen atoms in total. The minimum atomic E-state index is -1.23. The van der Waals surface area contributed by atoms with E-state index in [-0.39, 0.29) is 44.6 Å². The van der Waals surface area contributed by atoms with Crippen molar-refractivity contribution in [1.82, 2.24) is 26.3 Å². The topological polar surface area (TPSA) is 260 Å². The zero-order valence-corrected chi connectivity index (χ0v) is 29.6. The van der Waals surface area contributed by atoms with E-state index in [2.05, 4.69) is 31.2 Å². The van der Waals surface area contributed by atoms with Gasteiger partial charge in [0.25, 0.3) is 0 Å². The lowest BCUT2D eigenvalue weighted by Gasteiger charge is -2.26. The van der Waals surface area contributed by atoms with Gasteiger partial charge in [-0.2, -0.15) is 0 Å². The fraction of sp³-hybridized carbons (Fsp3) is 0.297. The maximum absolute atomic E-state index is 14.0. The standard InChI is InChI=1S/C37H44ClN9O6/c38-25-14-12-23(13-15-25)18-30(44-32(49)21-48)35(52)47-31(17-22-7-2-1-3-8-22)36(53)45-28(11-6-16-42-37(40)41)34(51)46-29(33(39)50)19-24-20-43-27-10-5-4-9-26(24)27/h1-5,7-10,12-15,20,28-31,43,48H,6,11,16-19,21H2,(H2,39,50)(H,44,49)(H,45,53)(H,46,51)(H,47,52)(H4,40,41,42)/t28-,29-,30-,31-/m0/s1. The highest BCUT2D eigenvalue weighted by Crippen LogP contribution is 2.19. The largest absolute Gasteiger partial charge is 0.387 e. The number of carbonyl (C=O) groups is 5. The van der Waals surface area contributed by atoms with Crippen LogP contribution in [0.2, 0.25) is 5.02 Å². The van der Waals surface area contributed by atoms with Crippen LogP contribution in [-0.4, -0.2) is 82.9 Å².